The zero-order valence-electron chi connectivity index (χ0n) is 10.8. The minimum atomic E-state index is 0.217. The summed E-state index contributed by atoms with van der Waals surface area (Å²) in [5, 5.41) is 14.0. The monoisotopic (exact) mass is 258 g/mol. The molecule has 0 aliphatic heterocycles. The molecule has 1 aromatic carbocycles. The molecule has 2 aromatic rings. The molecule has 1 N–H and O–H groups in total. The molecular formula is C15H18N2O2. The Kier molecular flexibility index (Phi) is 3.40. The van der Waals surface area contributed by atoms with Crippen molar-refractivity contribution in [1.82, 2.24) is 9.78 Å². The second kappa shape index (κ2) is 5.34. The number of para-hydroxylation sites is 2. The van der Waals surface area contributed by atoms with Crippen molar-refractivity contribution in [2.24, 2.45) is 0 Å². The van der Waals surface area contributed by atoms with Crippen LogP contribution in [0.4, 0.5) is 0 Å². The predicted octanol–water partition coefficient (Wildman–Crippen LogP) is 3.29. The average molecular weight is 258 g/mol. The summed E-state index contributed by atoms with van der Waals surface area (Å²) in [5.74, 6) is 0.991. The molecule has 1 fully saturated rings. The number of hydrogen-bond donors (Lipinski definition) is 1. The average Bonchev–Trinajstić information content (AvgIpc) is 2.89. The van der Waals surface area contributed by atoms with Crippen molar-refractivity contribution in [3.63, 3.8) is 0 Å². The van der Waals surface area contributed by atoms with Gasteiger partial charge in [0.25, 0.3) is 0 Å². The van der Waals surface area contributed by atoms with Gasteiger partial charge < -0.3 is 9.84 Å². The summed E-state index contributed by atoms with van der Waals surface area (Å²) in [6.45, 7) is 0. The molecule has 1 aliphatic carbocycles. The largest absolute Gasteiger partial charge is 0.506 e. The lowest BCUT2D eigenvalue weighted by Crippen LogP contribution is -2.19. The molecule has 1 heterocycles. The fourth-order valence-corrected chi connectivity index (χ4v) is 2.53. The minimum absolute atomic E-state index is 0.217. The van der Waals surface area contributed by atoms with Crippen LogP contribution in [0.3, 0.4) is 0 Å². The van der Waals surface area contributed by atoms with Crippen LogP contribution in [-0.4, -0.2) is 21.0 Å². The van der Waals surface area contributed by atoms with Crippen molar-refractivity contribution in [3.05, 3.63) is 36.7 Å². The lowest BCUT2D eigenvalue weighted by Gasteiger charge is -2.21. The van der Waals surface area contributed by atoms with Crippen LogP contribution in [0.15, 0.2) is 36.7 Å². The fraction of sp³-hybridized carbons (Fsp3) is 0.400. The van der Waals surface area contributed by atoms with Crippen molar-refractivity contribution in [2.45, 2.75) is 38.2 Å². The topological polar surface area (TPSA) is 47.3 Å². The van der Waals surface area contributed by atoms with Crippen LogP contribution in [0.1, 0.15) is 32.1 Å². The van der Waals surface area contributed by atoms with E-state index in [9.17, 15) is 5.11 Å². The smallest absolute Gasteiger partial charge is 0.158 e. The van der Waals surface area contributed by atoms with Gasteiger partial charge in [0.05, 0.1) is 18.5 Å². The van der Waals surface area contributed by atoms with Crippen molar-refractivity contribution in [2.75, 3.05) is 0 Å². The molecule has 100 valence electrons. The van der Waals surface area contributed by atoms with Gasteiger partial charge in [-0.15, -0.1) is 0 Å². The number of phenols is 1. The Bertz CT molecular complexity index is 545. The van der Waals surface area contributed by atoms with E-state index in [1.807, 2.05) is 18.3 Å². The number of ether oxygens (including phenoxy) is 1. The molecule has 0 atom stereocenters. The van der Waals surface area contributed by atoms with Crippen LogP contribution in [-0.2, 0) is 0 Å². The predicted molar refractivity (Wildman–Crippen MR) is 72.7 cm³/mol. The minimum Gasteiger partial charge on any atom is -0.506 e. The maximum atomic E-state index is 9.79. The van der Waals surface area contributed by atoms with E-state index in [1.165, 1.54) is 19.3 Å². The fourth-order valence-electron chi connectivity index (χ4n) is 2.53. The Labute approximate surface area is 112 Å². The first-order chi connectivity index (χ1) is 9.33. The molecular weight excluding hydrogens is 240 g/mol. The summed E-state index contributed by atoms with van der Waals surface area (Å²) in [6.07, 6.45) is 9.91. The highest BCUT2D eigenvalue weighted by molar-refractivity contribution is 5.45. The Hall–Kier alpha value is -1.97. The zero-order chi connectivity index (χ0) is 13.1. The Morgan fingerprint density at radius 3 is 2.74 bits per heavy atom. The number of benzene rings is 1. The molecule has 3 rings (SSSR count). The molecule has 0 amide bonds. The molecule has 4 heteroatoms. The van der Waals surface area contributed by atoms with E-state index in [2.05, 4.69) is 5.10 Å². The number of phenolic OH excluding ortho intramolecular Hbond substituents is 1. The lowest BCUT2D eigenvalue weighted by atomic mass is 9.98. The summed E-state index contributed by atoms with van der Waals surface area (Å²) >= 11 is 0. The standard InChI is InChI=1S/C15H18N2O2/c18-15-9-5-4-8-14(15)17-11-13(10-16-17)19-12-6-2-1-3-7-12/h4-5,8-12,18H,1-3,6-7H2. The van der Waals surface area contributed by atoms with Gasteiger partial charge >= 0.3 is 0 Å². The molecule has 0 radical (unpaired) electrons. The van der Waals surface area contributed by atoms with Crippen molar-refractivity contribution >= 4 is 0 Å². The quantitative estimate of drug-likeness (QED) is 0.919. The van der Waals surface area contributed by atoms with E-state index in [0.717, 1.165) is 18.6 Å². The second-order valence-electron chi connectivity index (χ2n) is 4.99. The number of hydrogen-bond acceptors (Lipinski definition) is 3. The van der Waals surface area contributed by atoms with Crippen molar-refractivity contribution < 1.29 is 9.84 Å². The molecule has 1 aromatic heterocycles. The Morgan fingerprint density at radius 2 is 1.95 bits per heavy atom. The molecule has 0 saturated heterocycles. The normalized spacial score (nSPS) is 16.4. The third kappa shape index (κ3) is 2.72. The van der Waals surface area contributed by atoms with Gasteiger partial charge in [-0.1, -0.05) is 18.6 Å². The SMILES string of the molecule is Oc1ccccc1-n1cc(OC2CCCCC2)cn1. The van der Waals surface area contributed by atoms with Crippen LogP contribution < -0.4 is 4.74 Å². The van der Waals surface area contributed by atoms with Gasteiger partial charge in [0, 0.05) is 0 Å². The highest BCUT2D eigenvalue weighted by atomic mass is 16.5. The van der Waals surface area contributed by atoms with E-state index in [4.69, 9.17) is 4.74 Å². The number of aromatic hydroxyl groups is 1. The third-order valence-corrected chi connectivity index (χ3v) is 3.54. The first-order valence-corrected chi connectivity index (χ1v) is 6.82. The summed E-state index contributed by atoms with van der Waals surface area (Å²) in [7, 11) is 0. The number of aromatic nitrogens is 2. The Morgan fingerprint density at radius 1 is 1.16 bits per heavy atom. The van der Waals surface area contributed by atoms with Gasteiger partial charge in [0.2, 0.25) is 0 Å². The zero-order valence-corrected chi connectivity index (χ0v) is 10.8. The number of nitrogens with zero attached hydrogens (tertiary/aromatic N) is 2. The lowest BCUT2D eigenvalue weighted by molar-refractivity contribution is 0.155. The van der Waals surface area contributed by atoms with E-state index in [0.29, 0.717) is 11.8 Å². The third-order valence-electron chi connectivity index (χ3n) is 3.54. The van der Waals surface area contributed by atoms with Crippen LogP contribution >= 0.6 is 0 Å². The molecule has 19 heavy (non-hydrogen) atoms. The summed E-state index contributed by atoms with van der Waals surface area (Å²) in [5.41, 5.74) is 0.668. The summed E-state index contributed by atoms with van der Waals surface area (Å²) in [6, 6.07) is 7.14. The summed E-state index contributed by atoms with van der Waals surface area (Å²) in [4.78, 5) is 0. The van der Waals surface area contributed by atoms with E-state index in [1.54, 1.807) is 23.0 Å². The van der Waals surface area contributed by atoms with Gasteiger partial charge in [-0.2, -0.15) is 5.10 Å². The second-order valence-corrected chi connectivity index (χ2v) is 4.99. The molecule has 0 bridgehead atoms. The first-order valence-electron chi connectivity index (χ1n) is 6.82. The Balaban J connectivity index is 1.74. The molecule has 1 aliphatic rings. The van der Waals surface area contributed by atoms with Crippen LogP contribution in [0, 0.1) is 0 Å². The van der Waals surface area contributed by atoms with Crippen LogP contribution in [0.5, 0.6) is 11.5 Å². The van der Waals surface area contributed by atoms with Crippen LogP contribution in [0.2, 0.25) is 0 Å². The van der Waals surface area contributed by atoms with Gasteiger partial charge in [-0.25, -0.2) is 4.68 Å². The first kappa shape index (κ1) is 12.1. The van der Waals surface area contributed by atoms with Crippen molar-refractivity contribution in [3.8, 4) is 17.2 Å². The van der Waals surface area contributed by atoms with Gasteiger partial charge in [-0.05, 0) is 37.8 Å². The molecule has 4 nitrogen and oxygen atoms in total. The van der Waals surface area contributed by atoms with Crippen molar-refractivity contribution in [1.29, 1.82) is 0 Å². The number of rotatable bonds is 3. The highest BCUT2D eigenvalue weighted by Crippen LogP contribution is 2.25. The maximum Gasteiger partial charge on any atom is 0.158 e. The van der Waals surface area contributed by atoms with E-state index < -0.39 is 0 Å². The van der Waals surface area contributed by atoms with Gasteiger partial charge in [0.1, 0.15) is 11.4 Å². The maximum absolute atomic E-state index is 9.79. The van der Waals surface area contributed by atoms with Gasteiger partial charge in [-0.3, -0.25) is 0 Å². The van der Waals surface area contributed by atoms with E-state index in [-0.39, 0.29) is 5.75 Å². The van der Waals surface area contributed by atoms with Crippen LogP contribution in [0.25, 0.3) is 5.69 Å². The highest BCUT2D eigenvalue weighted by Gasteiger charge is 2.16. The molecule has 1 saturated carbocycles. The van der Waals surface area contributed by atoms with Gasteiger partial charge in [0.15, 0.2) is 5.75 Å². The summed E-state index contributed by atoms with van der Waals surface area (Å²) < 4.78 is 7.58. The molecule has 0 spiro atoms. The molecule has 0 unspecified atom stereocenters. The van der Waals surface area contributed by atoms with E-state index >= 15 is 0 Å².